The third-order valence-corrected chi connectivity index (χ3v) is 7.16. The maximum absolute atomic E-state index is 12.7. The summed E-state index contributed by atoms with van der Waals surface area (Å²) in [5.41, 5.74) is 2.17. The third-order valence-electron chi connectivity index (χ3n) is 4.22. The lowest BCUT2D eigenvalue weighted by atomic mass is 10.1. The minimum Gasteiger partial charge on any atom is -0.480 e. The van der Waals surface area contributed by atoms with Gasteiger partial charge in [0.15, 0.2) is 8.68 Å². The zero-order valence-corrected chi connectivity index (χ0v) is 18.0. The van der Waals surface area contributed by atoms with Gasteiger partial charge in [-0.15, -0.1) is 0 Å². The number of nitrogens with zero attached hydrogens (tertiary/aromatic N) is 4. The first kappa shape index (κ1) is 20.3. The van der Waals surface area contributed by atoms with Crippen molar-refractivity contribution in [1.29, 1.82) is 0 Å². The summed E-state index contributed by atoms with van der Waals surface area (Å²) in [4.78, 5) is 24.6. The van der Waals surface area contributed by atoms with Crippen molar-refractivity contribution < 1.29 is 13.2 Å². The van der Waals surface area contributed by atoms with E-state index in [1.165, 1.54) is 30.1 Å². The normalized spacial score (nSPS) is 11.6. The van der Waals surface area contributed by atoms with Crippen LogP contribution in [0.2, 0.25) is 4.47 Å². The lowest BCUT2D eigenvalue weighted by Crippen LogP contribution is -2.17. The molecule has 0 saturated carbocycles. The van der Waals surface area contributed by atoms with Gasteiger partial charge < -0.3 is 4.74 Å². The third kappa shape index (κ3) is 3.74. The van der Waals surface area contributed by atoms with Crippen LogP contribution in [0.3, 0.4) is 0 Å². The summed E-state index contributed by atoms with van der Waals surface area (Å²) in [5.74, 6) is 0.0911. The summed E-state index contributed by atoms with van der Waals surface area (Å²) in [6.45, 7) is 1.68. The minimum atomic E-state index is -3.93. The molecule has 154 valence electrons. The van der Waals surface area contributed by atoms with E-state index < -0.39 is 10.0 Å². The van der Waals surface area contributed by atoms with E-state index in [0.717, 1.165) is 11.3 Å². The number of rotatable bonds is 5. The Hall–Kier alpha value is -3.02. The zero-order chi connectivity index (χ0) is 21.5. The van der Waals surface area contributed by atoms with Gasteiger partial charge in [-0.25, -0.2) is 23.4 Å². The minimum absolute atomic E-state index is 0.0428. The molecule has 1 N–H and O–H groups in total. The number of ether oxygens (including phenoxy) is 1. The highest BCUT2D eigenvalue weighted by Crippen LogP contribution is 2.31. The molecule has 9 nitrogen and oxygen atoms in total. The number of pyridine rings is 2. The fraction of sp³-hybridized carbons (Fsp3) is 0.111. The van der Waals surface area contributed by atoms with E-state index >= 15 is 0 Å². The molecule has 0 radical (unpaired) electrons. The Morgan fingerprint density at radius 2 is 1.93 bits per heavy atom. The molecule has 0 bridgehead atoms. The Morgan fingerprint density at radius 3 is 2.63 bits per heavy atom. The predicted molar refractivity (Wildman–Crippen MR) is 114 cm³/mol. The maximum Gasteiger partial charge on any atom is 0.273 e. The standard InChI is InChI=1S/C18H14ClN5O4S2/c1-10-6-20-14-4-3-11(9-24(14)17(10)25)12-5-13(16(28-2)21-7-12)23-30(26,27)15-8-22-18(19)29-15/h3-9,23H,1-2H3. The van der Waals surface area contributed by atoms with E-state index in [-0.39, 0.29) is 25.8 Å². The first-order valence-corrected chi connectivity index (χ1v) is 11.1. The van der Waals surface area contributed by atoms with Crippen molar-refractivity contribution >= 4 is 44.3 Å². The zero-order valence-electron chi connectivity index (χ0n) is 15.7. The molecule has 0 saturated heterocycles. The number of anilines is 1. The van der Waals surface area contributed by atoms with Gasteiger partial charge in [-0.1, -0.05) is 22.9 Å². The van der Waals surface area contributed by atoms with Crippen LogP contribution in [0.1, 0.15) is 5.56 Å². The number of methoxy groups -OCH3 is 1. The monoisotopic (exact) mass is 463 g/mol. The molecule has 30 heavy (non-hydrogen) atoms. The van der Waals surface area contributed by atoms with Crippen molar-refractivity contribution in [3.05, 3.63) is 63.4 Å². The number of sulfonamides is 1. The van der Waals surface area contributed by atoms with Gasteiger partial charge in [-0.2, -0.15) is 0 Å². The summed E-state index contributed by atoms with van der Waals surface area (Å²) in [5, 5.41) is 0. The van der Waals surface area contributed by atoms with Crippen molar-refractivity contribution in [1.82, 2.24) is 19.4 Å². The SMILES string of the molecule is COc1ncc(-c2ccc3ncc(C)c(=O)n3c2)cc1NS(=O)(=O)c1cnc(Cl)s1. The molecule has 0 aliphatic rings. The molecule has 0 aliphatic carbocycles. The largest absolute Gasteiger partial charge is 0.480 e. The number of aromatic nitrogens is 4. The first-order chi connectivity index (χ1) is 14.3. The van der Waals surface area contributed by atoms with Crippen molar-refractivity contribution in [2.75, 3.05) is 11.8 Å². The molecule has 0 aliphatic heterocycles. The predicted octanol–water partition coefficient (Wildman–Crippen LogP) is 2.98. The molecule has 4 rings (SSSR count). The second-order valence-electron chi connectivity index (χ2n) is 6.21. The summed E-state index contributed by atoms with van der Waals surface area (Å²) in [7, 11) is -2.55. The molecule has 0 unspecified atom stereocenters. The quantitative estimate of drug-likeness (QED) is 0.483. The molecule has 0 amide bonds. The van der Waals surface area contributed by atoms with Crippen molar-refractivity contribution in [3.63, 3.8) is 0 Å². The maximum atomic E-state index is 12.7. The molecule has 0 fully saturated rings. The average molecular weight is 464 g/mol. The highest BCUT2D eigenvalue weighted by atomic mass is 35.5. The van der Waals surface area contributed by atoms with Gasteiger partial charge in [0.05, 0.1) is 13.3 Å². The van der Waals surface area contributed by atoms with Crippen LogP contribution in [0.4, 0.5) is 5.69 Å². The van der Waals surface area contributed by atoms with Gasteiger partial charge in [0.25, 0.3) is 15.6 Å². The first-order valence-electron chi connectivity index (χ1n) is 8.45. The molecule has 0 spiro atoms. The topological polar surface area (TPSA) is 116 Å². The fourth-order valence-corrected chi connectivity index (χ4v) is 5.08. The molecule has 12 heteroatoms. The molecule has 4 aromatic rings. The number of fused-ring (bicyclic) bond motifs is 1. The van der Waals surface area contributed by atoms with E-state index in [9.17, 15) is 13.2 Å². The average Bonchev–Trinajstić information content (AvgIpc) is 3.18. The number of aryl methyl sites for hydroxylation is 1. The van der Waals surface area contributed by atoms with Gasteiger partial charge in [-0.3, -0.25) is 13.9 Å². The van der Waals surface area contributed by atoms with Gasteiger partial charge >= 0.3 is 0 Å². The Kier molecular flexibility index (Phi) is 5.18. The van der Waals surface area contributed by atoms with Crippen LogP contribution in [0.25, 0.3) is 16.8 Å². The molecule has 4 heterocycles. The lowest BCUT2D eigenvalue weighted by Gasteiger charge is -2.12. The van der Waals surface area contributed by atoms with E-state index in [1.807, 2.05) is 0 Å². The van der Waals surface area contributed by atoms with Crippen LogP contribution in [0.5, 0.6) is 5.88 Å². The Morgan fingerprint density at radius 1 is 1.13 bits per heavy atom. The highest BCUT2D eigenvalue weighted by Gasteiger charge is 2.21. The molecular formula is C18H14ClN5O4S2. The Labute approximate surface area is 180 Å². The van der Waals surface area contributed by atoms with Crippen LogP contribution in [0.15, 0.2) is 52.0 Å². The van der Waals surface area contributed by atoms with Crippen LogP contribution in [-0.4, -0.2) is 34.9 Å². The van der Waals surface area contributed by atoms with Crippen LogP contribution >= 0.6 is 22.9 Å². The molecule has 0 aromatic carbocycles. The summed E-state index contributed by atoms with van der Waals surface area (Å²) < 4.78 is 34.4. The van der Waals surface area contributed by atoms with Crippen LogP contribution < -0.4 is 15.0 Å². The lowest BCUT2D eigenvalue weighted by molar-refractivity contribution is 0.400. The van der Waals surface area contributed by atoms with Gasteiger partial charge in [0, 0.05) is 35.3 Å². The number of thiazole rings is 1. The smallest absolute Gasteiger partial charge is 0.273 e. The Balaban J connectivity index is 1.79. The second-order valence-corrected chi connectivity index (χ2v) is 9.73. The van der Waals surface area contributed by atoms with Crippen molar-refractivity contribution in [2.24, 2.45) is 0 Å². The van der Waals surface area contributed by atoms with E-state index in [4.69, 9.17) is 16.3 Å². The second kappa shape index (κ2) is 7.67. The summed E-state index contributed by atoms with van der Waals surface area (Å²) in [6.07, 6.45) is 5.84. The van der Waals surface area contributed by atoms with Gasteiger partial charge in [0.1, 0.15) is 11.3 Å². The highest BCUT2D eigenvalue weighted by molar-refractivity contribution is 7.94. The number of nitrogens with one attached hydrogen (secondary N) is 1. The molecule has 4 aromatic heterocycles. The summed E-state index contributed by atoms with van der Waals surface area (Å²) in [6, 6.07) is 5.03. The fourth-order valence-electron chi connectivity index (χ4n) is 2.74. The Bertz CT molecular complexity index is 1430. The van der Waals surface area contributed by atoms with Crippen molar-refractivity contribution in [2.45, 2.75) is 11.1 Å². The van der Waals surface area contributed by atoms with Crippen LogP contribution in [-0.2, 0) is 10.0 Å². The number of hydrogen-bond donors (Lipinski definition) is 1. The summed E-state index contributed by atoms with van der Waals surface area (Å²) >= 11 is 6.58. The van der Waals surface area contributed by atoms with Crippen LogP contribution in [0, 0.1) is 6.92 Å². The van der Waals surface area contributed by atoms with E-state index in [1.54, 1.807) is 31.3 Å². The number of halogens is 1. The van der Waals surface area contributed by atoms with E-state index in [2.05, 4.69) is 19.7 Å². The van der Waals surface area contributed by atoms with Crippen molar-refractivity contribution in [3.8, 4) is 17.0 Å². The van der Waals surface area contributed by atoms with Gasteiger partial charge in [0.2, 0.25) is 5.88 Å². The van der Waals surface area contributed by atoms with E-state index in [0.29, 0.717) is 22.3 Å². The number of hydrogen-bond acceptors (Lipinski definition) is 8. The molecular weight excluding hydrogens is 450 g/mol. The molecule has 0 atom stereocenters. The van der Waals surface area contributed by atoms with Gasteiger partial charge in [-0.05, 0) is 25.1 Å².